The molecule has 0 aliphatic carbocycles. The summed E-state index contributed by atoms with van der Waals surface area (Å²) < 4.78 is 1.96. The van der Waals surface area contributed by atoms with E-state index in [0.717, 1.165) is 42.8 Å². The minimum absolute atomic E-state index is 0.735. The van der Waals surface area contributed by atoms with Crippen LogP contribution in [0.5, 0.6) is 0 Å². The Morgan fingerprint density at radius 1 is 1.30 bits per heavy atom. The second kappa shape index (κ2) is 5.32. The Hall–Kier alpha value is -2.37. The monoisotopic (exact) mass is 270 g/mol. The molecule has 20 heavy (non-hydrogen) atoms. The molecule has 1 aliphatic rings. The maximum Gasteiger partial charge on any atom is 0.194 e. The molecule has 0 saturated heterocycles. The summed E-state index contributed by atoms with van der Waals surface area (Å²) >= 11 is 0. The highest BCUT2D eigenvalue weighted by atomic mass is 15.3. The van der Waals surface area contributed by atoms with Crippen LogP contribution in [0.1, 0.15) is 11.4 Å². The second-order valence-corrected chi connectivity index (χ2v) is 4.85. The van der Waals surface area contributed by atoms with Gasteiger partial charge in [-0.1, -0.05) is 6.07 Å². The lowest BCUT2D eigenvalue weighted by Gasteiger charge is -2.15. The molecular weight excluding hydrogens is 252 g/mol. The number of nitrogens with one attached hydrogen (secondary N) is 1. The van der Waals surface area contributed by atoms with Crippen molar-refractivity contribution in [2.75, 3.05) is 20.1 Å². The van der Waals surface area contributed by atoms with E-state index < -0.39 is 0 Å². The zero-order valence-corrected chi connectivity index (χ0v) is 11.7. The summed E-state index contributed by atoms with van der Waals surface area (Å²) in [4.78, 5) is 15.2. The van der Waals surface area contributed by atoms with Crippen LogP contribution in [0.2, 0.25) is 0 Å². The Balaban J connectivity index is 1.66. The quantitative estimate of drug-likeness (QED) is 0.903. The lowest BCUT2D eigenvalue weighted by molar-refractivity contribution is 0.534. The standard InChI is InChI=1S/C14H18N6/c1-11-15-6-8-20(11)13-4-3-12(9-17-13)10-18-14-16-5-7-19(14)2/h3-4,6,8-9H,5,7,10H2,1-2H3,(H,16,18). The van der Waals surface area contributed by atoms with Crippen LogP contribution in [0.3, 0.4) is 0 Å². The van der Waals surface area contributed by atoms with Crippen molar-refractivity contribution in [3.8, 4) is 5.82 Å². The summed E-state index contributed by atoms with van der Waals surface area (Å²) in [6.45, 7) is 4.56. The predicted molar refractivity (Wildman–Crippen MR) is 77.9 cm³/mol. The molecular formula is C14H18N6. The Labute approximate surface area is 118 Å². The normalized spacial score (nSPS) is 14.5. The first kappa shape index (κ1) is 12.7. The van der Waals surface area contributed by atoms with Gasteiger partial charge in [-0.15, -0.1) is 0 Å². The number of aromatic nitrogens is 3. The van der Waals surface area contributed by atoms with Gasteiger partial charge in [-0.2, -0.15) is 0 Å². The average Bonchev–Trinajstić information content (AvgIpc) is 3.06. The molecule has 0 spiro atoms. The van der Waals surface area contributed by atoms with Crippen molar-refractivity contribution < 1.29 is 0 Å². The summed E-state index contributed by atoms with van der Waals surface area (Å²) in [5.41, 5.74) is 1.13. The number of imidazole rings is 1. The van der Waals surface area contributed by atoms with E-state index in [4.69, 9.17) is 0 Å². The molecule has 3 heterocycles. The Morgan fingerprint density at radius 2 is 2.20 bits per heavy atom. The van der Waals surface area contributed by atoms with E-state index in [1.165, 1.54) is 0 Å². The fraction of sp³-hybridized carbons (Fsp3) is 0.357. The van der Waals surface area contributed by atoms with Crippen LogP contribution in [-0.2, 0) is 6.54 Å². The number of nitrogens with zero attached hydrogens (tertiary/aromatic N) is 5. The number of guanidine groups is 1. The third kappa shape index (κ3) is 2.49. The molecule has 2 aromatic heterocycles. The summed E-state index contributed by atoms with van der Waals surface area (Å²) in [7, 11) is 2.04. The van der Waals surface area contributed by atoms with Gasteiger partial charge in [0.2, 0.25) is 0 Å². The second-order valence-electron chi connectivity index (χ2n) is 4.85. The van der Waals surface area contributed by atoms with E-state index >= 15 is 0 Å². The van der Waals surface area contributed by atoms with Gasteiger partial charge in [-0.05, 0) is 18.6 Å². The molecule has 0 radical (unpaired) electrons. The number of hydrogen-bond donors (Lipinski definition) is 1. The van der Waals surface area contributed by atoms with Crippen LogP contribution < -0.4 is 5.32 Å². The number of aryl methyl sites for hydroxylation is 1. The van der Waals surface area contributed by atoms with Gasteiger partial charge < -0.3 is 10.2 Å². The molecule has 0 fully saturated rings. The van der Waals surface area contributed by atoms with Gasteiger partial charge in [0.15, 0.2) is 5.96 Å². The molecule has 1 aliphatic heterocycles. The lowest BCUT2D eigenvalue weighted by Crippen LogP contribution is -2.35. The maximum absolute atomic E-state index is 4.48. The molecule has 0 amide bonds. The molecule has 1 N–H and O–H groups in total. The van der Waals surface area contributed by atoms with Gasteiger partial charge in [0.1, 0.15) is 11.6 Å². The number of rotatable bonds is 3. The molecule has 2 aromatic rings. The third-order valence-corrected chi connectivity index (χ3v) is 3.39. The van der Waals surface area contributed by atoms with Crippen molar-refractivity contribution in [1.29, 1.82) is 0 Å². The maximum atomic E-state index is 4.48. The van der Waals surface area contributed by atoms with E-state index in [0.29, 0.717) is 0 Å². The van der Waals surface area contributed by atoms with E-state index in [-0.39, 0.29) is 0 Å². The van der Waals surface area contributed by atoms with Crippen molar-refractivity contribution in [3.05, 3.63) is 42.1 Å². The number of pyridine rings is 1. The highest BCUT2D eigenvalue weighted by Crippen LogP contribution is 2.08. The minimum Gasteiger partial charge on any atom is -0.352 e. The van der Waals surface area contributed by atoms with Crippen LogP contribution in [0, 0.1) is 6.92 Å². The number of likely N-dealkylation sites (N-methyl/N-ethyl adjacent to an activating group) is 1. The van der Waals surface area contributed by atoms with Gasteiger partial charge in [0.25, 0.3) is 0 Å². The van der Waals surface area contributed by atoms with Crippen molar-refractivity contribution in [2.45, 2.75) is 13.5 Å². The van der Waals surface area contributed by atoms with Crippen LogP contribution in [0.15, 0.2) is 35.7 Å². The van der Waals surface area contributed by atoms with E-state index in [2.05, 4.69) is 31.2 Å². The first-order chi connectivity index (χ1) is 9.74. The van der Waals surface area contributed by atoms with Crippen molar-refractivity contribution in [2.24, 2.45) is 4.99 Å². The highest BCUT2D eigenvalue weighted by Gasteiger charge is 2.11. The summed E-state index contributed by atoms with van der Waals surface area (Å²) in [6, 6.07) is 4.08. The molecule has 3 rings (SSSR count). The van der Waals surface area contributed by atoms with E-state index in [9.17, 15) is 0 Å². The fourth-order valence-corrected chi connectivity index (χ4v) is 2.19. The molecule has 104 valence electrons. The van der Waals surface area contributed by atoms with Gasteiger partial charge >= 0.3 is 0 Å². The Kier molecular flexibility index (Phi) is 3.37. The molecule has 0 unspecified atom stereocenters. The molecule has 0 atom stereocenters. The first-order valence-electron chi connectivity index (χ1n) is 6.69. The highest BCUT2D eigenvalue weighted by molar-refractivity contribution is 5.81. The zero-order valence-electron chi connectivity index (χ0n) is 11.7. The molecule has 6 nitrogen and oxygen atoms in total. The van der Waals surface area contributed by atoms with Gasteiger partial charge in [0.05, 0.1) is 6.54 Å². The molecule has 0 aromatic carbocycles. The summed E-state index contributed by atoms with van der Waals surface area (Å²) in [5, 5.41) is 3.33. The van der Waals surface area contributed by atoms with Crippen molar-refractivity contribution >= 4 is 5.96 Å². The number of hydrogen-bond acceptors (Lipinski definition) is 5. The van der Waals surface area contributed by atoms with Crippen LogP contribution in [0.25, 0.3) is 5.82 Å². The first-order valence-corrected chi connectivity index (χ1v) is 6.69. The van der Waals surface area contributed by atoms with Crippen molar-refractivity contribution in [1.82, 2.24) is 24.8 Å². The average molecular weight is 270 g/mol. The largest absolute Gasteiger partial charge is 0.352 e. The van der Waals surface area contributed by atoms with Crippen LogP contribution >= 0.6 is 0 Å². The lowest BCUT2D eigenvalue weighted by atomic mass is 10.3. The SMILES string of the molecule is Cc1nccn1-c1ccc(CNC2=NCCN2C)cn1. The summed E-state index contributed by atoms with van der Waals surface area (Å²) in [5.74, 6) is 2.78. The molecule has 0 bridgehead atoms. The van der Waals surface area contributed by atoms with Gasteiger partial charge in [-0.25, -0.2) is 9.97 Å². The van der Waals surface area contributed by atoms with Gasteiger partial charge in [-0.3, -0.25) is 9.56 Å². The van der Waals surface area contributed by atoms with E-state index in [1.54, 1.807) is 6.20 Å². The minimum atomic E-state index is 0.735. The number of aliphatic imine (C=N–C) groups is 1. The predicted octanol–water partition coefficient (Wildman–Crippen LogP) is 0.967. The molecule has 6 heteroatoms. The Bertz CT molecular complexity index is 613. The van der Waals surface area contributed by atoms with Crippen LogP contribution in [0.4, 0.5) is 0 Å². The van der Waals surface area contributed by atoms with Crippen molar-refractivity contribution in [3.63, 3.8) is 0 Å². The van der Waals surface area contributed by atoms with E-state index in [1.807, 2.05) is 37.0 Å². The third-order valence-electron chi connectivity index (χ3n) is 3.39. The topological polar surface area (TPSA) is 58.3 Å². The fourth-order valence-electron chi connectivity index (χ4n) is 2.19. The molecule has 0 saturated carbocycles. The smallest absolute Gasteiger partial charge is 0.194 e. The summed E-state index contributed by atoms with van der Waals surface area (Å²) in [6.07, 6.45) is 5.58. The zero-order chi connectivity index (χ0) is 13.9. The van der Waals surface area contributed by atoms with Crippen LogP contribution in [-0.4, -0.2) is 45.5 Å². The Morgan fingerprint density at radius 3 is 2.80 bits per heavy atom. The van der Waals surface area contributed by atoms with Gasteiger partial charge in [0, 0.05) is 38.7 Å².